The predicted molar refractivity (Wildman–Crippen MR) is 123 cm³/mol. The van der Waals surface area contributed by atoms with Gasteiger partial charge in [-0.25, -0.2) is 8.42 Å². The molecule has 0 aliphatic carbocycles. The first kappa shape index (κ1) is 20.8. The van der Waals surface area contributed by atoms with Gasteiger partial charge in [-0.1, -0.05) is 72.8 Å². The van der Waals surface area contributed by atoms with E-state index in [1.54, 1.807) is 16.4 Å². The van der Waals surface area contributed by atoms with Crippen LogP contribution in [-0.4, -0.2) is 25.8 Å². The first-order valence-electron chi connectivity index (χ1n) is 10.7. The van der Waals surface area contributed by atoms with E-state index in [2.05, 4.69) is 48.5 Å². The minimum absolute atomic E-state index is 0.446. The summed E-state index contributed by atoms with van der Waals surface area (Å²) in [5.41, 5.74) is 4.66. The molecule has 0 amide bonds. The molecule has 4 rings (SSSR count). The first-order chi connectivity index (χ1) is 14.5. The van der Waals surface area contributed by atoms with Crippen molar-refractivity contribution in [2.75, 3.05) is 13.1 Å². The van der Waals surface area contributed by atoms with Crippen LogP contribution < -0.4 is 0 Å². The summed E-state index contributed by atoms with van der Waals surface area (Å²) in [5, 5.41) is 0. The van der Waals surface area contributed by atoms with Crippen molar-refractivity contribution in [1.82, 2.24) is 4.31 Å². The van der Waals surface area contributed by atoms with Gasteiger partial charge in [-0.15, -0.1) is 0 Å². The molecule has 156 valence electrons. The van der Waals surface area contributed by atoms with E-state index in [4.69, 9.17) is 0 Å². The molecular formula is C26H29NO2S. The van der Waals surface area contributed by atoms with Gasteiger partial charge >= 0.3 is 0 Å². The van der Waals surface area contributed by atoms with Gasteiger partial charge in [-0.2, -0.15) is 4.31 Å². The van der Waals surface area contributed by atoms with Crippen LogP contribution in [0.4, 0.5) is 0 Å². The van der Waals surface area contributed by atoms with Gasteiger partial charge in [0.15, 0.2) is 0 Å². The smallest absolute Gasteiger partial charge is 0.207 e. The maximum atomic E-state index is 13.0. The van der Waals surface area contributed by atoms with E-state index >= 15 is 0 Å². The second-order valence-corrected chi connectivity index (χ2v) is 10.1. The average Bonchev–Trinajstić information content (AvgIpc) is 2.79. The van der Waals surface area contributed by atoms with Gasteiger partial charge in [0.05, 0.1) is 4.90 Å². The van der Waals surface area contributed by atoms with Crippen LogP contribution in [-0.2, 0) is 16.4 Å². The molecule has 30 heavy (non-hydrogen) atoms. The monoisotopic (exact) mass is 419 g/mol. The summed E-state index contributed by atoms with van der Waals surface area (Å²) < 4.78 is 27.6. The van der Waals surface area contributed by atoms with Crippen LogP contribution in [0, 0.1) is 12.8 Å². The molecule has 1 fully saturated rings. The third-order valence-corrected chi connectivity index (χ3v) is 8.25. The molecule has 0 radical (unpaired) electrons. The molecule has 1 aliphatic heterocycles. The largest absolute Gasteiger partial charge is 0.243 e. The molecule has 3 nitrogen and oxygen atoms in total. The SMILES string of the molecule is Cc1ccccc1S(=O)(=O)N1CCC(CCc2ccc(-c3ccccc3)cc2)CC1. The van der Waals surface area contributed by atoms with E-state index in [1.807, 2.05) is 25.1 Å². The van der Waals surface area contributed by atoms with Crippen LogP contribution in [0.2, 0.25) is 0 Å². The Morgan fingerprint density at radius 1 is 0.800 bits per heavy atom. The Balaban J connectivity index is 1.31. The minimum Gasteiger partial charge on any atom is -0.207 e. The van der Waals surface area contributed by atoms with Gasteiger partial charge in [-0.3, -0.25) is 0 Å². The molecule has 0 unspecified atom stereocenters. The number of rotatable bonds is 6. The van der Waals surface area contributed by atoms with E-state index in [1.165, 1.54) is 16.7 Å². The number of aryl methyl sites for hydroxylation is 2. The summed E-state index contributed by atoms with van der Waals surface area (Å²) in [4.78, 5) is 0.446. The maximum Gasteiger partial charge on any atom is 0.243 e. The van der Waals surface area contributed by atoms with E-state index in [-0.39, 0.29) is 0 Å². The molecule has 4 heteroatoms. The third kappa shape index (κ3) is 4.66. The molecule has 3 aromatic carbocycles. The van der Waals surface area contributed by atoms with E-state index in [9.17, 15) is 8.42 Å². The Kier molecular flexibility index (Phi) is 6.35. The van der Waals surface area contributed by atoms with Crippen molar-refractivity contribution in [2.45, 2.75) is 37.5 Å². The fourth-order valence-electron chi connectivity index (χ4n) is 4.29. The maximum absolute atomic E-state index is 13.0. The lowest BCUT2D eigenvalue weighted by atomic mass is 9.91. The number of sulfonamides is 1. The molecule has 1 saturated heterocycles. The van der Waals surface area contributed by atoms with Crippen LogP contribution in [0.1, 0.15) is 30.4 Å². The van der Waals surface area contributed by atoms with Gasteiger partial charge < -0.3 is 0 Å². The molecule has 0 bridgehead atoms. The molecule has 0 aromatic heterocycles. The first-order valence-corrected chi connectivity index (χ1v) is 12.2. The second-order valence-electron chi connectivity index (χ2n) is 8.21. The predicted octanol–water partition coefficient (Wildman–Crippen LogP) is 5.70. The van der Waals surface area contributed by atoms with Gasteiger partial charge in [-0.05, 0) is 66.8 Å². The number of hydrogen-bond acceptors (Lipinski definition) is 2. The fourth-order valence-corrected chi connectivity index (χ4v) is 5.98. The van der Waals surface area contributed by atoms with Gasteiger partial charge in [0, 0.05) is 13.1 Å². The molecule has 0 saturated carbocycles. The zero-order valence-corrected chi connectivity index (χ0v) is 18.3. The topological polar surface area (TPSA) is 37.4 Å². The van der Waals surface area contributed by atoms with Crippen LogP contribution in [0.25, 0.3) is 11.1 Å². The zero-order valence-electron chi connectivity index (χ0n) is 17.5. The zero-order chi connectivity index (χ0) is 21.0. The highest BCUT2D eigenvalue weighted by Crippen LogP contribution is 2.28. The minimum atomic E-state index is -3.38. The molecule has 1 heterocycles. The normalized spacial score (nSPS) is 15.9. The van der Waals surface area contributed by atoms with Crippen molar-refractivity contribution in [3.05, 3.63) is 90.0 Å². The van der Waals surface area contributed by atoms with Crippen molar-refractivity contribution < 1.29 is 8.42 Å². The molecular weight excluding hydrogens is 390 g/mol. The summed E-state index contributed by atoms with van der Waals surface area (Å²) in [6, 6.07) is 26.5. The van der Waals surface area contributed by atoms with E-state index in [0.717, 1.165) is 31.2 Å². The molecule has 0 spiro atoms. The van der Waals surface area contributed by atoms with Gasteiger partial charge in [0.1, 0.15) is 0 Å². The van der Waals surface area contributed by atoms with Crippen molar-refractivity contribution >= 4 is 10.0 Å². The van der Waals surface area contributed by atoms with Crippen LogP contribution in [0.15, 0.2) is 83.8 Å². The Hall–Kier alpha value is -2.43. The summed E-state index contributed by atoms with van der Waals surface area (Å²) in [6.45, 7) is 3.10. The van der Waals surface area contributed by atoms with Crippen molar-refractivity contribution in [3.8, 4) is 11.1 Å². The highest BCUT2D eigenvalue weighted by atomic mass is 32.2. The number of hydrogen-bond donors (Lipinski definition) is 0. The van der Waals surface area contributed by atoms with Crippen molar-refractivity contribution in [3.63, 3.8) is 0 Å². The lowest BCUT2D eigenvalue weighted by Crippen LogP contribution is -2.38. The van der Waals surface area contributed by atoms with Crippen LogP contribution in [0.5, 0.6) is 0 Å². The molecule has 3 aromatic rings. The highest BCUT2D eigenvalue weighted by molar-refractivity contribution is 7.89. The van der Waals surface area contributed by atoms with Crippen molar-refractivity contribution in [2.24, 2.45) is 5.92 Å². The Morgan fingerprint density at radius 3 is 2.07 bits per heavy atom. The fraction of sp³-hybridized carbons (Fsp3) is 0.308. The number of piperidine rings is 1. The lowest BCUT2D eigenvalue weighted by Gasteiger charge is -2.31. The average molecular weight is 420 g/mol. The third-order valence-electron chi connectivity index (χ3n) is 6.19. The summed E-state index contributed by atoms with van der Waals surface area (Å²) in [6.07, 6.45) is 4.04. The van der Waals surface area contributed by atoms with E-state index in [0.29, 0.717) is 23.9 Å². The van der Waals surface area contributed by atoms with Gasteiger partial charge in [0.2, 0.25) is 10.0 Å². The van der Waals surface area contributed by atoms with Crippen LogP contribution in [0.3, 0.4) is 0 Å². The Bertz CT molecular complexity index is 1070. The van der Waals surface area contributed by atoms with Crippen LogP contribution >= 0.6 is 0 Å². The number of benzene rings is 3. The summed E-state index contributed by atoms with van der Waals surface area (Å²) in [5.74, 6) is 0.585. The second kappa shape index (κ2) is 9.15. The lowest BCUT2D eigenvalue weighted by molar-refractivity contribution is 0.263. The molecule has 0 N–H and O–H groups in total. The molecule has 1 aliphatic rings. The van der Waals surface area contributed by atoms with E-state index < -0.39 is 10.0 Å². The summed E-state index contributed by atoms with van der Waals surface area (Å²) >= 11 is 0. The van der Waals surface area contributed by atoms with Gasteiger partial charge in [0.25, 0.3) is 0 Å². The highest BCUT2D eigenvalue weighted by Gasteiger charge is 2.30. The quantitative estimate of drug-likeness (QED) is 0.514. The standard InChI is InChI=1S/C26H29NO2S/c1-21-7-5-6-10-26(21)30(28,29)27-19-17-23(18-20-27)12-11-22-13-15-25(16-14-22)24-8-3-2-4-9-24/h2-10,13-16,23H,11-12,17-20H2,1H3. The number of nitrogens with zero attached hydrogens (tertiary/aromatic N) is 1. The Labute approximate surface area is 180 Å². The van der Waals surface area contributed by atoms with Crippen molar-refractivity contribution in [1.29, 1.82) is 0 Å². The summed E-state index contributed by atoms with van der Waals surface area (Å²) in [7, 11) is -3.38. The molecule has 0 atom stereocenters. The Morgan fingerprint density at radius 2 is 1.40 bits per heavy atom.